The van der Waals surface area contributed by atoms with Crippen LogP contribution in [0, 0.1) is 0 Å². The molecule has 1 fully saturated rings. The smallest absolute Gasteiger partial charge is 0.119 e. The molecule has 3 aromatic carbocycles. The highest BCUT2D eigenvalue weighted by Gasteiger charge is 2.20. The van der Waals surface area contributed by atoms with Gasteiger partial charge in [0.15, 0.2) is 0 Å². The summed E-state index contributed by atoms with van der Waals surface area (Å²) in [7, 11) is 1.68. The van der Waals surface area contributed by atoms with Crippen LogP contribution in [0.4, 0.5) is 5.69 Å². The Kier molecular flexibility index (Phi) is 5.32. The fourth-order valence-electron chi connectivity index (χ4n) is 4.68. The third-order valence-corrected chi connectivity index (χ3v) is 6.70. The summed E-state index contributed by atoms with van der Waals surface area (Å²) in [6.45, 7) is 3.82. The van der Waals surface area contributed by atoms with Crippen LogP contribution in [0.15, 0.2) is 72.9 Å². The number of hydrogen-bond donors (Lipinski definition) is 1. The van der Waals surface area contributed by atoms with Gasteiger partial charge in [-0.05, 0) is 42.5 Å². The molecular weight excluding hydrogens is 446 g/mol. The normalized spacial score (nSPS) is 14.1. The van der Waals surface area contributed by atoms with Crippen molar-refractivity contribution in [2.75, 3.05) is 38.2 Å². The predicted molar refractivity (Wildman–Crippen MR) is 138 cm³/mol. The lowest BCUT2D eigenvalue weighted by atomic mass is 10.1. The van der Waals surface area contributed by atoms with Crippen LogP contribution in [-0.4, -0.2) is 48.1 Å². The molecule has 34 heavy (non-hydrogen) atoms. The minimum Gasteiger partial charge on any atom is -0.497 e. The van der Waals surface area contributed by atoms with Crippen molar-refractivity contribution < 1.29 is 4.74 Å². The summed E-state index contributed by atoms with van der Waals surface area (Å²) in [6, 6.07) is 22.3. The van der Waals surface area contributed by atoms with E-state index in [1.165, 1.54) is 0 Å². The Labute approximate surface area is 202 Å². The molecule has 1 saturated heterocycles. The van der Waals surface area contributed by atoms with E-state index in [4.69, 9.17) is 26.4 Å². The van der Waals surface area contributed by atoms with Crippen molar-refractivity contribution in [3.05, 3.63) is 77.9 Å². The number of para-hydroxylation sites is 1. The number of benzene rings is 3. The second kappa shape index (κ2) is 8.63. The number of piperazine rings is 1. The Morgan fingerprint density at radius 3 is 2.53 bits per heavy atom. The summed E-state index contributed by atoms with van der Waals surface area (Å²) in [5, 5.41) is 11.2. The van der Waals surface area contributed by atoms with Gasteiger partial charge in [0.1, 0.15) is 11.4 Å². The Hall–Kier alpha value is -3.61. The number of nitrogens with one attached hydrogen (secondary N) is 1. The van der Waals surface area contributed by atoms with Crippen molar-refractivity contribution in [3.8, 4) is 22.7 Å². The van der Waals surface area contributed by atoms with Crippen LogP contribution in [0.5, 0.6) is 5.75 Å². The summed E-state index contributed by atoms with van der Waals surface area (Å²) in [5.41, 5.74) is 5.75. The Balaban J connectivity index is 1.57. The number of rotatable bonds is 4. The molecule has 3 heterocycles. The van der Waals surface area contributed by atoms with Crippen LogP contribution >= 0.6 is 11.6 Å². The Bertz CT molecular complexity index is 1490. The van der Waals surface area contributed by atoms with Crippen LogP contribution in [0.1, 0.15) is 0 Å². The van der Waals surface area contributed by atoms with E-state index in [1.807, 2.05) is 53.3 Å². The summed E-state index contributed by atoms with van der Waals surface area (Å²) in [5.74, 6) is 0.785. The van der Waals surface area contributed by atoms with E-state index >= 15 is 0 Å². The maximum Gasteiger partial charge on any atom is 0.119 e. The molecule has 1 aliphatic rings. The molecule has 0 spiro atoms. The lowest BCUT2D eigenvalue weighted by Gasteiger charge is -2.30. The Morgan fingerprint density at radius 1 is 0.941 bits per heavy atom. The number of aromatic nitrogens is 3. The highest BCUT2D eigenvalue weighted by molar-refractivity contribution is 6.33. The number of pyridine rings is 1. The molecular formula is C27H24ClN5O. The minimum atomic E-state index is 0.734. The standard InChI is InChI=1S/C27H24ClN5O/c1-34-20-8-9-24-21(16-20)27-22(17-30-24)26(31-33(27)19-5-3-2-4-6-19)18-7-10-25(23(28)15-18)32-13-11-29-12-14-32/h2-10,15-17,29H,11-14H2,1H3. The van der Waals surface area contributed by atoms with Gasteiger partial charge in [-0.1, -0.05) is 35.9 Å². The number of methoxy groups -OCH3 is 1. The molecule has 6 rings (SSSR count). The number of hydrogen-bond acceptors (Lipinski definition) is 5. The van der Waals surface area contributed by atoms with Crippen LogP contribution in [0.2, 0.25) is 5.02 Å². The summed E-state index contributed by atoms with van der Waals surface area (Å²) < 4.78 is 7.50. The molecule has 7 heteroatoms. The average molecular weight is 470 g/mol. The average Bonchev–Trinajstić information content (AvgIpc) is 3.29. The third-order valence-electron chi connectivity index (χ3n) is 6.39. The minimum absolute atomic E-state index is 0.734. The van der Waals surface area contributed by atoms with Gasteiger partial charge in [0, 0.05) is 48.7 Å². The van der Waals surface area contributed by atoms with Crippen molar-refractivity contribution in [2.45, 2.75) is 0 Å². The quantitative estimate of drug-likeness (QED) is 0.386. The summed E-state index contributed by atoms with van der Waals surface area (Å²) >= 11 is 6.79. The first-order valence-electron chi connectivity index (χ1n) is 11.4. The summed E-state index contributed by atoms with van der Waals surface area (Å²) in [4.78, 5) is 7.06. The van der Waals surface area contributed by atoms with E-state index < -0.39 is 0 Å². The van der Waals surface area contributed by atoms with Gasteiger partial charge < -0.3 is 15.0 Å². The molecule has 5 aromatic rings. The first-order valence-corrected chi connectivity index (χ1v) is 11.8. The number of fused-ring (bicyclic) bond motifs is 3. The van der Waals surface area contributed by atoms with Gasteiger partial charge in [0.2, 0.25) is 0 Å². The molecule has 6 nitrogen and oxygen atoms in total. The van der Waals surface area contributed by atoms with Crippen molar-refractivity contribution in [2.24, 2.45) is 0 Å². The fraction of sp³-hybridized carbons (Fsp3) is 0.185. The van der Waals surface area contributed by atoms with Gasteiger partial charge in [0.25, 0.3) is 0 Å². The van der Waals surface area contributed by atoms with Crippen LogP contribution in [-0.2, 0) is 0 Å². The first-order chi connectivity index (χ1) is 16.7. The zero-order valence-electron chi connectivity index (χ0n) is 18.8. The van der Waals surface area contributed by atoms with E-state index in [-0.39, 0.29) is 0 Å². The molecule has 0 saturated carbocycles. The SMILES string of the molecule is COc1ccc2ncc3c(-c4ccc(N5CCNCC5)c(Cl)c4)nn(-c4ccccc4)c3c2c1. The molecule has 0 bridgehead atoms. The lowest BCUT2D eigenvalue weighted by molar-refractivity contribution is 0.415. The maximum atomic E-state index is 6.79. The van der Waals surface area contributed by atoms with Crippen molar-refractivity contribution in [1.82, 2.24) is 20.1 Å². The highest BCUT2D eigenvalue weighted by Crippen LogP contribution is 2.37. The largest absolute Gasteiger partial charge is 0.497 e. The predicted octanol–water partition coefficient (Wildman–Crippen LogP) is 5.31. The molecule has 0 amide bonds. The summed E-state index contributed by atoms with van der Waals surface area (Å²) in [6.07, 6.45) is 1.91. The molecule has 2 aromatic heterocycles. The van der Waals surface area contributed by atoms with Crippen LogP contribution in [0.3, 0.4) is 0 Å². The monoisotopic (exact) mass is 469 g/mol. The van der Waals surface area contributed by atoms with Crippen molar-refractivity contribution in [1.29, 1.82) is 0 Å². The number of halogens is 1. The fourth-order valence-corrected chi connectivity index (χ4v) is 4.98. The number of nitrogens with zero attached hydrogens (tertiary/aromatic N) is 4. The third kappa shape index (κ3) is 3.56. The molecule has 1 aliphatic heterocycles. The Morgan fingerprint density at radius 2 is 1.76 bits per heavy atom. The first kappa shape index (κ1) is 21.0. The van der Waals surface area contributed by atoms with E-state index in [2.05, 4.69) is 34.5 Å². The van der Waals surface area contributed by atoms with Crippen LogP contribution in [0.25, 0.3) is 38.8 Å². The van der Waals surface area contributed by atoms with Gasteiger partial charge >= 0.3 is 0 Å². The highest BCUT2D eigenvalue weighted by atomic mass is 35.5. The molecule has 170 valence electrons. The van der Waals surface area contributed by atoms with Gasteiger partial charge in [0.05, 0.1) is 34.5 Å². The zero-order valence-corrected chi connectivity index (χ0v) is 19.6. The number of ether oxygens (including phenoxy) is 1. The van der Waals surface area contributed by atoms with Crippen molar-refractivity contribution >= 4 is 39.1 Å². The zero-order chi connectivity index (χ0) is 23.1. The van der Waals surface area contributed by atoms with Gasteiger partial charge in [-0.25, -0.2) is 4.68 Å². The topological polar surface area (TPSA) is 55.2 Å². The molecule has 0 aliphatic carbocycles. The van der Waals surface area contributed by atoms with Crippen LogP contribution < -0.4 is 15.0 Å². The van der Waals surface area contributed by atoms with E-state index in [1.54, 1.807) is 7.11 Å². The number of anilines is 1. The van der Waals surface area contributed by atoms with E-state index in [9.17, 15) is 0 Å². The molecule has 0 unspecified atom stereocenters. The maximum absolute atomic E-state index is 6.79. The van der Waals surface area contributed by atoms with E-state index in [0.29, 0.717) is 0 Å². The lowest BCUT2D eigenvalue weighted by Crippen LogP contribution is -2.43. The van der Waals surface area contributed by atoms with Crippen molar-refractivity contribution in [3.63, 3.8) is 0 Å². The molecule has 0 atom stereocenters. The second-order valence-corrected chi connectivity index (χ2v) is 8.81. The van der Waals surface area contributed by atoms with Gasteiger partial charge in [-0.2, -0.15) is 5.10 Å². The molecule has 1 N–H and O–H groups in total. The van der Waals surface area contributed by atoms with E-state index in [0.717, 1.165) is 81.4 Å². The van der Waals surface area contributed by atoms with Gasteiger partial charge in [-0.15, -0.1) is 0 Å². The molecule has 0 radical (unpaired) electrons. The van der Waals surface area contributed by atoms with Gasteiger partial charge in [-0.3, -0.25) is 4.98 Å². The second-order valence-electron chi connectivity index (χ2n) is 8.40.